The van der Waals surface area contributed by atoms with Crippen LogP contribution in [0.2, 0.25) is 5.02 Å². The van der Waals surface area contributed by atoms with Crippen LogP contribution in [-0.4, -0.2) is 4.98 Å². The minimum absolute atomic E-state index is 0.734. The molecule has 94 valence electrons. The highest BCUT2D eigenvalue weighted by Crippen LogP contribution is 2.29. The first kappa shape index (κ1) is 13.4. The van der Waals surface area contributed by atoms with Gasteiger partial charge >= 0.3 is 0 Å². The Labute approximate surface area is 121 Å². The molecule has 0 unspecified atom stereocenters. The lowest BCUT2D eigenvalue weighted by atomic mass is 10.1. The van der Waals surface area contributed by atoms with Gasteiger partial charge in [-0.25, -0.2) is 0 Å². The van der Waals surface area contributed by atoms with Gasteiger partial charge in [0.25, 0.3) is 0 Å². The molecule has 0 saturated heterocycles. The predicted molar refractivity (Wildman–Crippen MR) is 80.2 cm³/mol. The molecule has 0 atom stereocenters. The van der Waals surface area contributed by atoms with E-state index in [1.54, 1.807) is 6.20 Å². The summed E-state index contributed by atoms with van der Waals surface area (Å²) < 4.78 is 1.02. The van der Waals surface area contributed by atoms with Crippen LogP contribution in [0, 0.1) is 13.8 Å². The van der Waals surface area contributed by atoms with E-state index in [2.05, 4.69) is 33.2 Å². The molecule has 1 aromatic carbocycles. The minimum atomic E-state index is 0.734. The van der Waals surface area contributed by atoms with E-state index in [9.17, 15) is 0 Å². The van der Waals surface area contributed by atoms with Gasteiger partial charge in [0.1, 0.15) is 0 Å². The summed E-state index contributed by atoms with van der Waals surface area (Å²) >= 11 is 9.66. The lowest BCUT2D eigenvalue weighted by Gasteiger charge is -2.11. The summed E-state index contributed by atoms with van der Waals surface area (Å²) in [6.45, 7) is 4.80. The van der Waals surface area contributed by atoms with Gasteiger partial charge in [0, 0.05) is 28.4 Å². The van der Waals surface area contributed by atoms with E-state index in [1.165, 1.54) is 11.1 Å². The molecule has 0 saturated carbocycles. The molecular formula is C14H14BrClN2. The van der Waals surface area contributed by atoms with Gasteiger partial charge in [0.05, 0.1) is 5.69 Å². The summed E-state index contributed by atoms with van der Waals surface area (Å²) in [4.78, 5) is 4.13. The molecule has 0 fully saturated rings. The molecule has 2 rings (SSSR count). The molecule has 18 heavy (non-hydrogen) atoms. The molecule has 2 nitrogen and oxygen atoms in total. The number of rotatable bonds is 3. The van der Waals surface area contributed by atoms with Crippen molar-refractivity contribution in [2.75, 3.05) is 5.32 Å². The zero-order valence-corrected chi connectivity index (χ0v) is 12.6. The average Bonchev–Trinajstić information content (AvgIpc) is 2.34. The van der Waals surface area contributed by atoms with Crippen molar-refractivity contribution in [3.8, 4) is 0 Å². The number of hydrogen-bond acceptors (Lipinski definition) is 2. The smallest absolute Gasteiger partial charge is 0.0502 e. The van der Waals surface area contributed by atoms with Gasteiger partial charge in [-0.3, -0.25) is 4.98 Å². The van der Waals surface area contributed by atoms with Crippen molar-refractivity contribution >= 4 is 33.2 Å². The maximum Gasteiger partial charge on any atom is 0.0502 e. The monoisotopic (exact) mass is 324 g/mol. The fourth-order valence-corrected chi connectivity index (χ4v) is 2.42. The van der Waals surface area contributed by atoms with Crippen LogP contribution < -0.4 is 5.32 Å². The van der Waals surface area contributed by atoms with E-state index < -0.39 is 0 Å². The van der Waals surface area contributed by atoms with E-state index in [-0.39, 0.29) is 0 Å². The number of nitrogens with zero attached hydrogens (tertiary/aromatic N) is 1. The Kier molecular flexibility index (Phi) is 4.25. The van der Waals surface area contributed by atoms with Crippen molar-refractivity contribution < 1.29 is 0 Å². The molecule has 0 radical (unpaired) electrons. The Morgan fingerprint density at radius 2 is 2.06 bits per heavy atom. The third-order valence-electron chi connectivity index (χ3n) is 2.87. The Morgan fingerprint density at radius 3 is 2.78 bits per heavy atom. The summed E-state index contributed by atoms with van der Waals surface area (Å²) in [5, 5.41) is 4.13. The summed E-state index contributed by atoms with van der Waals surface area (Å²) in [5.41, 5.74) is 4.47. The number of aromatic nitrogens is 1. The van der Waals surface area contributed by atoms with Crippen molar-refractivity contribution in [1.82, 2.24) is 4.98 Å². The SMILES string of the molecule is Cc1cc(Br)c(NCc2cnccc2C)cc1Cl. The number of anilines is 1. The van der Waals surface area contributed by atoms with Gasteiger partial charge in [0.2, 0.25) is 0 Å². The Bertz CT molecular complexity index is 570. The van der Waals surface area contributed by atoms with Crippen LogP contribution in [0.25, 0.3) is 0 Å². The second kappa shape index (κ2) is 5.72. The standard InChI is InChI=1S/C14H14BrClN2/c1-9-3-4-17-7-11(9)8-18-14-6-13(16)10(2)5-12(14)15/h3-7,18H,8H2,1-2H3. The van der Waals surface area contributed by atoms with Crippen molar-refractivity contribution in [1.29, 1.82) is 0 Å². The molecule has 0 spiro atoms. The first-order chi connectivity index (χ1) is 8.58. The van der Waals surface area contributed by atoms with E-state index in [4.69, 9.17) is 11.6 Å². The number of aryl methyl sites for hydroxylation is 2. The average molecular weight is 326 g/mol. The van der Waals surface area contributed by atoms with Crippen LogP contribution in [0.4, 0.5) is 5.69 Å². The van der Waals surface area contributed by atoms with Gasteiger partial charge in [-0.05, 0) is 64.7 Å². The molecule has 1 N–H and O–H groups in total. The Morgan fingerprint density at radius 1 is 1.28 bits per heavy atom. The van der Waals surface area contributed by atoms with Crippen LogP contribution in [-0.2, 0) is 6.54 Å². The second-order valence-electron chi connectivity index (χ2n) is 4.24. The highest BCUT2D eigenvalue weighted by molar-refractivity contribution is 9.10. The molecule has 0 aliphatic heterocycles. The lowest BCUT2D eigenvalue weighted by molar-refractivity contribution is 1.08. The molecule has 0 aliphatic carbocycles. The summed E-state index contributed by atoms with van der Waals surface area (Å²) in [6, 6.07) is 5.96. The molecule has 4 heteroatoms. The normalized spacial score (nSPS) is 10.4. The minimum Gasteiger partial charge on any atom is -0.380 e. The molecule has 1 aromatic heterocycles. The molecule has 0 aliphatic rings. The summed E-state index contributed by atoms with van der Waals surface area (Å²) in [6.07, 6.45) is 3.68. The highest BCUT2D eigenvalue weighted by Gasteiger charge is 2.05. The lowest BCUT2D eigenvalue weighted by Crippen LogP contribution is -2.02. The van der Waals surface area contributed by atoms with Crippen LogP contribution in [0.3, 0.4) is 0 Å². The maximum absolute atomic E-state index is 6.13. The highest BCUT2D eigenvalue weighted by atomic mass is 79.9. The van der Waals surface area contributed by atoms with Crippen LogP contribution in [0.15, 0.2) is 35.1 Å². The number of hydrogen-bond donors (Lipinski definition) is 1. The molecule has 2 aromatic rings. The van der Waals surface area contributed by atoms with Crippen LogP contribution >= 0.6 is 27.5 Å². The third-order valence-corrected chi connectivity index (χ3v) is 3.93. The maximum atomic E-state index is 6.13. The molecular weight excluding hydrogens is 312 g/mol. The molecule has 0 bridgehead atoms. The number of halogens is 2. The quantitative estimate of drug-likeness (QED) is 0.882. The number of benzene rings is 1. The zero-order chi connectivity index (χ0) is 13.1. The Hall–Kier alpha value is -1.06. The van der Waals surface area contributed by atoms with E-state index in [1.807, 2.05) is 31.3 Å². The molecule has 0 amide bonds. The first-order valence-electron chi connectivity index (χ1n) is 5.67. The number of pyridine rings is 1. The van der Waals surface area contributed by atoms with Crippen molar-refractivity contribution in [3.63, 3.8) is 0 Å². The van der Waals surface area contributed by atoms with Gasteiger partial charge in [0.15, 0.2) is 0 Å². The van der Waals surface area contributed by atoms with Crippen molar-refractivity contribution in [3.05, 3.63) is 56.8 Å². The zero-order valence-electron chi connectivity index (χ0n) is 10.3. The molecule has 1 heterocycles. The largest absolute Gasteiger partial charge is 0.380 e. The van der Waals surface area contributed by atoms with Gasteiger partial charge in [-0.1, -0.05) is 11.6 Å². The van der Waals surface area contributed by atoms with Crippen molar-refractivity contribution in [2.45, 2.75) is 20.4 Å². The van der Waals surface area contributed by atoms with E-state index >= 15 is 0 Å². The summed E-state index contributed by atoms with van der Waals surface area (Å²) in [5.74, 6) is 0. The third kappa shape index (κ3) is 3.03. The Balaban J connectivity index is 2.16. The second-order valence-corrected chi connectivity index (χ2v) is 5.50. The first-order valence-corrected chi connectivity index (χ1v) is 6.84. The topological polar surface area (TPSA) is 24.9 Å². The van der Waals surface area contributed by atoms with Gasteiger partial charge in [-0.2, -0.15) is 0 Å². The van der Waals surface area contributed by atoms with Gasteiger partial charge < -0.3 is 5.32 Å². The van der Waals surface area contributed by atoms with E-state index in [0.717, 1.165) is 27.3 Å². The fraction of sp³-hybridized carbons (Fsp3) is 0.214. The van der Waals surface area contributed by atoms with E-state index in [0.29, 0.717) is 0 Å². The summed E-state index contributed by atoms with van der Waals surface area (Å²) in [7, 11) is 0. The fourth-order valence-electron chi connectivity index (χ4n) is 1.65. The van der Waals surface area contributed by atoms with Crippen molar-refractivity contribution in [2.24, 2.45) is 0 Å². The number of nitrogens with one attached hydrogen (secondary N) is 1. The van der Waals surface area contributed by atoms with Gasteiger partial charge in [-0.15, -0.1) is 0 Å². The predicted octanol–water partition coefficient (Wildman–Crippen LogP) is 4.73. The van der Waals surface area contributed by atoms with Crippen LogP contribution in [0.5, 0.6) is 0 Å². The van der Waals surface area contributed by atoms with Crippen LogP contribution in [0.1, 0.15) is 16.7 Å².